The van der Waals surface area contributed by atoms with Crippen LogP contribution in [0.25, 0.3) is 0 Å². The zero-order chi connectivity index (χ0) is 12.5. The summed E-state index contributed by atoms with van der Waals surface area (Å²) in [4.78, 5) is 2.53. The zero-order valence-electron chi connectivity index (χ0n) is 10.3. The van der Waals surface area contributed by atoms with Gasteiger partial charge in [-0.15, -0.1) is 0 Å². The highest BCUT2D eigenvalue weighted by Gasteiger charge is 2.26. The Morgan fingerprint density at radius 1 is 1.44 bits per heavy atom. The first kappa shape index (κ1) is 12.8. The summed E-state index contributed by atoms with van der Waals surface area (Å²) < 4.78 is 5.77. The average molecular weight is 331 g/mol. The van der Waals surface area contributed by atoms with Gasteiger partial charge in [0, 0.05) is 34.9 Å². The van der Waals surface area contributed by atoms with Gasteiger partial charge in [-0.1, -0.05) is 27.5 Å². The summed E-state index contributed by atoms with van der Waals surface area (Å²) in [7, 11) is 0. The number of hydrogen-bond acceptors (Lipinski definition) is 2. The van der Waals surface area contributed by atoms with Crippen molar-refractivity contribution in [1.82, 2.24) is 4.90 Å². The smallest absolute Gasteiger partial charge is 0.127 e. The van der Waals surface area contributed by atoms with Gasteiger partial charge < -0.3 is 4.74 Å². The lowest BCUT2D eigenvalue weighted by Gasteiger charge is -2.23. The van der Waals surface area contributed by atoms with E-state index in [0.717, 1.165) is 35.7 Å². The van der Waals surface area contributed by atoms with Crippen molar-refractivity contribution in [2.24, 2.45) is 0 Å². The van der Waals surface area contributed by atoms with Gasteiger partial charge in [0.2, 0.25) is 0 Å². The van der Waals surface area contributed by atoms with Crippen molar-refractivity contribution in [1.29, 1.82) is 0 Å². The van der Waals surface area contributed by atoms with E-state index in [1.54, 1.807) is 0 Å². The lowest BCUT2D eigenvalue weighted by Crippen LogP contribution is -2.30. The second kappa shape index (κ2) is 5.40. The summed E-state index contributed by atoms with van der Waals surface area (Å²) >= 11 is 9.81. The number of likely N-dealkylation sites (tertiary alicyclic amines) is 1. The summed E-state index contributed by atoms with van der Waals surface area (Å²) in [5.74, 6) is 1.08. The SMILES string of the molecule is Clc1cc2c(c(CN3CCCC3CBr)c1)OCC2. The highest BCUT2D eigenvalue weighted by atomic mass is 79.9. The highest BCUT2D eigenvalue weighted by molar-refractivity contribution is 9.09. The van der Waals surface area contributed by atoms with E-state index in [1.807, 2.05) is 6.07 Å². The van der Waals surface area contributed by atoms with Crippen molar-refractivity contribution >= 4 is 27.5 Å². The van der Waals surface area contributed by atoms with Gasteiger partial charge in [-0.05, 0) is 37.1 Å². The Morgan fingerprint density at radius 3 is 3.17 bits per heavy atom. The molecule has 1 unspecified atom stereocenters. The minimum atomic E-state index is 0.654. The summed E-state index contributed by atoms with van der Waals surface area (Å²) in [6.07, 6.45) is 3.57. The number of halogens is 2. The van der Waals surface area contributed by atoms with E-state index >= 15 is 0 Å². The second-order valence-corrected chi connectivity index (χ2v) is 6.16. The second-order valence-electron chi connectivity index (χ2n) is 5.07. The first-order valence-corrected chi connectivity index (χ1v) is 8.02. The van der Waals surface area contributed by atoms with Crippen molar-refractivity contribution in [2.45, 2.75) is 31.8 Å². The van der Waals surface area contributed by atoms with E-state index < -0.39 is 0 Å². The third-order valence-electron chi connectivity index (χ3n) is 3.88. The van der Waals surface area contributed by atoms with Gasteiger partial charge in [0.25, 0.3) is 0 Å². The third-order valence-corrected chi connectivity index (χ3v) is 4.84. The van der Waals surface area contributed by atoms with Gasteiger partial charge in [-0.3, -0.25) is 4.90 Å². The molecule has 0 amide bonds. The standard InChI is InChI=1S/C14H17BrClNO/c15-8-13-2-1-4-17(13)9-11-7-12(16)6-10-3-5-18-14(10)11/h6-7,13H,1-5,8-9H2. The van der Waals surface area contributed by atoms with Crippen LogP contribution in [-0.4, -0.2) is 29.4 Å². The quantitative estimate of drug-likeness (QED) is 0.785. The summed E-state index contributed by atoms with van der Waals surface area (Å²) in [6, 6.07) is 4.76. The molecule has 1 fully saturated rings. The van der Waals surface area contributed by atoms with Gasteiger partial charge in [-0.2, -0.15) is 0 Å². The lowest BCUT2D eigenvalue weighted by molar-refractivity contribution is 0.258. The largest absolute Gasteiger partial charge is 0.493 e. The summed E-state index contributed by atoms with van der Waals surface area (Å²) in [5, 5.41) is 1.89. The van der Waals surface area contributed by atoms with Crippen molar-refractivity contribution in [3.05, 3.63) is 28.3 Å². The van der Waals surface area contributed by atoms with Crippen LogP contribution < -0.4 is 4.74 Å². The number of ether oxygens (including phenoxy) is 1. The Kier molecular flexibility index (Phi) is 3.83. The fourth-order valence-electron chi connectivity index (χ4n) is 2.96. The minimum Gasteiger partial charge on any atom is -0.493 e. The molecular formula is C14H17BrClNO. The van der Waals surface area contributed by atoms with E-state index in [1.165, 1.54) is 30.5 Å². The molecular weight excluding hydrogens is 314 g/mol. The molecule has 0 radical (unpaired) electrons. The van der Waals surface area contributed by atoms with E-state index in [2.05, 4.69) is 26.9 Å². The Morgan fingerprint density at radius 2 is 2.33 bits per heavy atom. The maximum absolute atomic E-state index is 6.20. The molecule has 3 rings (SSSR count). The first-order chi connectivity index (χ1) is 8.78. The molecule has 2 nitrogen and oxygen atoms in total. The molecule has 2 aliphatic rings. The molecule has 4 heteroatoms. The molecule has 18 heavy (non-hydrogen) atoms. The lowest BCUT2D eigenvalue weighted by atomic mass is 10.1. The van der Waals surface area contributed by atoms with Gasteiger partial charge in [-0.25, -0.2) is 0 Å². The molecule has 1 atom stereocenters. The molecule has 0 spiro atoms. The van der Waals surface area contributed by atoms with Crippen LogP contribution in [0.3, 0.4) is 0 Å². The average Bonchev–Trinajstić information content (AvgIpc) is 2.96. The van der Waals surface area contributed by atoms with E-state index in [0.29, 0.717) is 6.04 Å². The molecule has 0 saturated carbocycles. The molecule has 1 aromatic rings. The van der Waals surface area contributed by atoms with E-state index in [-0.39, 0.29) is 0 Å². The first-order valence-electron chi connectivity index (χ1n) is 6.52. The van der Waals surface area contributed by atoms with Crippen LogP contribution in [-0.2, 0) is 13.0 Å². The Labute approximate surface area is 121 Å². The van der Waals surface area contributed by atoms with Crippen molar-refractivity contribution < 1.29 is 4.74 Å². The molecule has 0 aliphatic carbocycles. The predicted molar refractivity (Wildman–Crippen MR) is 77.9 cm³/mol. The van der Waals surface area contributed by atoms with Crippen molar-refractivity contribution in [3.8, 4) is 5.75 Å². The van der Waals surface area contributed by atoms with Crippen LogP contribution in [0.2, 0.25) is 5.02 Å². The molecule has 2 aliphatic heterocycles. The maximum atomic E-state index is 6.20. The van der Waals surface area contributed by atoms with Crippen LogP contribution in [0.4, 0.5) is 0 Å². The Bertz CT molecular complexity index is 452. The number of alkyl halides is 1. The molecule has 98 valence electrons. The number of fused-ring (bicyclic) bond motifs is 1. The summed E-state index contributed by atoms with van der Waals surface area (Å²) in [6.45, 7) is 2.93. The van der Waals surface area contributed by atoms with Crippen molar-refractivity contribution in [3.63, 3.8) is 0 Å². The Hall–Kier alpha value is -0.250. The van der Waals surface area contributed by atoms with Crippen LogP contribution >= 0.6 is 27.5 Å². The van der Waals surface area contributed by atoms with Gasteiger partial charge in [0.1, 0.15) is 5.75 Å². The molecule has 0 bridgehead atoms. The number of nitrogens with zero attached hydrogens (tertiary/aromatic N) is 1. The minimum absolute atomic E-state index is 0.654. The van der Waals surface area contributed by atoms with Gasteiger partial charge >= 0.3 is 0 Å². The maximum Gasteiger partial charge on any atom is 0.127 e. The molecule has 0 N–H and O–H groups in total. The van der Waals surface area contributed by atoms with Crippen LogP contribution in [0, 0.1) is 0 Å². The number of benzene rings is 1. The fourth-order valence-corrected chi connectivity index (χ4v) is 3.96. The Balaban J connectivity index is 1.84. The highest BCUT2D eigenvalue weighted by Crippen LogP contribution is 2.34. The van der Waals surface area contributed by atoms with E-state index in [9.17, 15) is 0 Å². The summed E-state index contributed by atoms with van der Waals surface area (Å²) in [5.41, 5.74) is 2.52. The van der Waals surface area contributed by atoms with Crippen LogP contribution in [0.5, 0.6) is 5.75 Å². The van der Waals surface area contributed by atoms with Crippen LogP contribution in [0.1, 0.15) is 24.0 Å². The van der Waals surface area contributed by atoms with E-state index in [4.69, 9.17) is 16.3 Å². The van der Waals surface area contributed by atoms with Crippen LogP contribution in [0.15, 0.2) is 12.1 Å². The van der Waals surface area contributed by atoms with Gasteiger partial charge in [0.15, 0.2) is 0 Å². The number of rotatable bonds is 3. The number of hydrogen-bond donors (Lipinski definition) is 0. The third kappa shape index (κ3) is 2.40. The molecule has 1 saturated heterocycles. The normalized spacial score (nSPS) is 23.1. The monoisotopic (exact) mass is 329 g/mol. The van der Waals surface area contributed by atoms with Crippen molar-refractivity contribution in [2.75, 3.05) is 18.5 Å². The van der Waals surface area contributed by atoms with Gasteiger partial charge in [0.05, 0.1) is 6.61 Å². The topological polar surface area (TPSA) is 12.5 Å². The molecule has 1 aromatic carbocycles. The fraction of sp³-hybridized carbons (Fsp3) is 0.571. The predicted octanol–water partition coefficient (Wildman–Crippen LogP) is 3.63. The molecule has 0 aromatic heterocycles. The zero-order valence-corrected chi connectivity index (χ0v) is 12.6. The molecule has 2 heterocycles.